The second-order valence-corrected chi connectivity index (χ2v) is 5.03. The molecule has 0 bridgehead atoms. The number of nitrogens with zero attached hydrogens (tertiary/aromatic N) is 2. The van der Waals surface area contributed by atoms with Crippen LogP contribution < -0.4 is 5.32 Å². The molecule has 3 rings (SSSR count). The predicted molar refractivity (Wildman–Crippen MR) is 82.0 cm³/mol. The first kappa shape index (κ1) is 14.9. The van der Waals surface area contributed by atoms with Crippen LogP contribution >= 0.6 is 0 Å². The molecule has 0 unspecified atom stereocenters. The molecule has 1 amide bonds. The largest absolute Gasteiger partial charge is 0.355 e. The van der Waals surface area contributed by atoms with Gasteiger partial charge in [0.1, 0.15) is 5.82 Å². The van der Waals surface area contributed by atoms with Crippen molar-refractivity contribution in [2.24, 2.45) is 0 Å². The molecule has 1 N–H and O–H groups in total. The first-order valence-electron chi connectivity index (χ1n) is 7.07. The van der Waals surface area contributed by atoms with Crippen LogP contribution in [0.1, 0.15) is 29.0 Å². The van der Waals surface area contributed by atoms with Crippen LogP contribution in [-0.2, 0) is 0 Å². The van der Waals surface area contributed by atoms with E-state index >= 15 is 0 Å². The summed E-state index contributed by atoms with van der Waals surface area (Å²) in [6.07, 6.45) is 3.26. The third kappa shape index (κ3) is 3.26. The zero-order chi connectivity index (χ0) is 16.2. The second-order valence-electron chi connectivity index (χ2n) is 5.03. The Morgan fingerprint density at radius 2 is 2.09 bits per heavy atom. The summed E-state index contributed by atoms with van der Waals surface area (Å²) in [4.78, 5) is 16.2. The Morgan fingerprint density at radius 3 is 2.83 bits per heavy atom. The minimum absolute atomic E-state index is 0.132. The first-order valence-corrected chi connectivity index (χ1v) is 7.07. The molecule has 3 aromatic rings. The summed E-state index contributed by atoms with van der Waals surface area (Å²) in [7, 11) is 0. The number of nitrogens with one attached hydrogen (secondary N) is 1. The third-order valence-electron chi connectivity index (χ3n) is 3.41. The summed E-state index contributed by atoms with van der Waals surface area (Å²) in [5.41, 5.74) is 1.27. The molecule has 2 heterocycles. The van der Waals surface area contributed by atoms with Crippen LogP contribution in [-0.4, -0.2) is 16.0 Å². The van der Waals surface area contributed by atoms with Crippen LogP contribution in [0, 0.1) is 5.82 Å². The van der Waals surface area contributed by atoms with Crippen molar-refractivity contribution in [3.8, 4) is 11.3 Å². The summed E-state index contributed by atoms with van der Waals surface area (Å²) >= 11 is 0. The third-order valence-corrected chi connectivity index (χ3v) is 3.41. The fourth-order valence-electron chi connectivity index (χ4n) is 2.20. The van der Waals surface area contributed by atoms with Gasteiger partial charge in [0.2, 0.25) is 0 Å². The Bertz CT molecular complexity index is 817. The highest BCUT2D eigenvalue weighted by molar-refractivity contribution is 5.93. The summed E-state index contributed by atoms with van der Waals surface area (Å²) in [5.74, 6) is -0.349. The molecule has 0 fully saturated rings. The maximum absolute atomic E-state index is 13.7. The van der Waals surface area contributed by atoms with Crippen LogP contribution in [0.2, 0.25) is 0 Å². The van der Waals surface area contributed by atoms with Gasteiger partial charge >= 0.3 is 0 Å². The van der Waals surface area contributed by atoms with Crippen molar-refractivity contribution < 1.29 is 13.7 Å². The van der Waals surface area contributed by atoms with E-state index in [1.54, 1.807) is 49.6 Å². The van der Waals surface area contributed by atoms with Gasteiger partial charge in [-0.05, 0) is 25.1 Å². The van der Waals surface area contributed by atoms with Gasteiger partial charge in [0, 0.05) is 29.6 Å². The van der Waals surface area contributed by atoms with E-state index in [9.17, 15) is 9.18 Å². The van der Waals surface area contributed by atoms with Gasteiger partial charge in [0.15, 0.2) is 11.5 Å². The molecule has 0 aliphatic carbocycles. The standard InChI is InChI=1S/C17H14FN3O2/c1-11(13-6-2-3-7-14(13)18)20-17(22)15-9-16(23-21-15)12-5-4-8-19-10-12/h2-11H,1H3,(H,20,22)/t11-/m0/s1. The van der Waals surface area contributed by atoms with E-state index in [1.165, 1.54) is 12.1 Å². The van der Waals surface area contributed by atoms with Gasteiger partial charge in [0.25, 0.3) is 5.91 Å². The SMILES string of the molecule is C[C@H](NC(=O)c1cc(-c2cccnc2)on1)c1ccccc1F. The maximum Gasteiger partial charge on any atom is 0.273 e. The van der Waals surface area contributed by atoms with Crippen molar-refractivity contribution in [3.63, 3.8) is 0 Å². The molecule has 0 aliphatic heterocycles. The van der Waals surface area contributed by atoms with E-state index in [1.807, 2.05) is 0 Å². The molecular formula is C17H14FN3O2. The van der Waals surface area contributed by atoms with Gasteiger partial charge in [-0.25, -0.2) is 4.39 Å². The van der Waals surface area contributed by atoms with Crippen molar-refractivity contribution >= 4 is 5.91 Å². The van der Waals surface area contributed by atoms with Gasteiger partial charge in [-0.3, -0.25) is 9.78 Å². The number of hydrogen-bond donors (Lipinski definition) is 1. The molecule has 6 heteroatoms. The van der Waals surface area contributed by atoms with Crippen molar-refractivity contribution in [1.29, 1.82) is 0 Å². The summed E-state index contributed by atoms with van der Waals surface area (Å²) in [5, 5.41) is 6.45. The summed E-state index contributed by atoms with van der Waals surface area (Å²) in [6, 6.07) is 10.9. The number of pyridine rings is 1. The van der Waals surface area contributed by atoms with Gasteiger partial charge in [-0.2, -0.15) is 0 Å². The van der Waals surface area contributed by atoms with Crippen LogP contribution in [0.25, 0.3) is 11.3 Å². The highest BCUT2D eigenvalue weighted by atomic mass is 19.1. The Morgan fingerprint density at radius 1 is 1.26 bits per heavy atom. The highest BCUT2D eigenvalue weighted by Gasteiger charge is 2.18. The molecular weight excluding hydrogens is 297 g/mol. The maximum atomic E-state index is 13.7. The second kappa shape index (κ2) is 6.39. The number of carbonyl (C=O) groups excluding carboxylic acids is 1. The molecule has 1 atom stereocenters. The number of hydrogen-bond acceptors (Lipinski definition) is 4. The molecule has 1 aromatic carbocycles. The van der Waals surface area contributed by atoms with Crippen molar-refractivity contribution in [2.45, 2.75) is 13.0 Å². The fraction of sp³-hybridized carbons (Fsp3) is 0.118. The monoisotopic (exact) mass is 311 g/mol. The van der Waals surface area contributed by atoms with Gasteiger partial charge in [-0.1, -0.05) is 23.4 Å². The molecule has 23 heavy (non-hydrogen) atoms. The number of rotatable bonds is 4. The van der Waals surface area contributed by atoms with Crippen LogP contribution in [0.15, 0.2) is 59.4 Å². The molecule has 0 radical (unpaired) electrons. The number of aromatic nitrogens is 2. The lowest BCUT2D eigenvalue weighted by Crippen LogP contribution is -2.27. The number of amides is 1. The molecule has 0 saturated carbocycles. The molecule has 0 saturated heterocycles. The summed E-state index contributed by atoms with van der Waals surface area (Å²) in [6.45, 7) is 1.71. The highest BCUT2D eigenvalue weighted by Crippen LogP contribution is 2.20. The molecule has 0 spiro atoms. The summed E-state index contributed by atoms with van der Waals surface area (Å²) < 4.78 is 18.9. The minimum atomic E-state index is -0.484. The molecule has 116 valence electrons. The zero-order valence-electron chi connectivity index (χ0n) is 12.4. The number of benzene rings is 1. The van der Waals surface area contributed by atoms with E-state index in [0.29, 0.717) is 11.3 Å². The lowest BCUT2D eigenvalue weighted by atomic mass is 10.1. The molecule has 0 aliphatic rings. The smallest absolute Gasteiger partial charge is 0.273 e. The lowest BCUT2D eigenvalue weighted by molar-refractivity contribution is 0.0930. The minimum Gasteiger partial charge on any atom is -0.355 e. The Labute approximate surface area is 132 Å². The van der Waals surface area contributed by atoms with E-state index in [-0.39, 0.29) is 11.5 Å². The van der Waals surface area contributed by atoms with Crippen molar-refractivity contribution in [1.82, 2.24) is 15.5 Å². The Hall–Kier alpha value is -3.02. The van der Waals surface area contributed by atoms with Gasteiger partial charge in [0.05, 0.1) is 6.04 Å². The quantitative estimate of drug-likeness (QED) is 0.802. The first-order chi connectivity index (χ1) is 11.1. The number of halogens is 1. The number of carbonyl (C=O) groups is 1. The zero-order valence-corrected chi connectivity index (χ0v) is 12.4. The van der Waals surface area contributed by atoms with Crippen molar-refractivity contribution in [3.05, 3.63) is 71.9 Å². The normalized spacial score (nSPS) is 11.9. The topological polar surface area (TPSA) is 68.0 Å². The molecule has 2 aromatic heterocycles. The predicted octanol–water partition coefficient (Wildman–Crippen LogP) is 3.37. The van der Waals surface area contributed by atoms with Crippen molar-refractivity contribution in [2.75, 3.05) is 0 Å². The van der Waals surface area contributed by atoms with E-state index in [0.717, 1.165) is 5.56 Å². The molecule has 5 nitrogen and oxygen atoms in total. The van der Waals surface area contributed by atoms with Gasteiger partial charge in [-0.15, -0.1) is 0 Å². The Kier molecular flexibility index (Phi) is 4.14. The Balaban J connectivity index is 1.74. The van der Waals surface area contributed by atoms with Crippen LogP contribution in [0.5, 0.6) is 0 Å². The van der Waals surface area contributed by atoms with Crippen LogP contribution in [0.3, 0.4) is 0 Å². The average Bonchev–Trinajstić information content (AvgIpc) is 3.06. The van der Waals surface area contributed by atoms with Crippen LogP contribution in [0.4, 0.5) is 4.39 Å². The van der Waals surface area contributed by atoms with E-state index < -0.39 is 11.9 Å². The van der Waals surface area contributed by atoms with Gasteiger partial charge < -0.3 is 9.84 Å². The lowest BCUT2D eigenvalue weighted by Gasteiger charge is -2.13. The average molecular weight is 311 g/mol. The fourth-order valence-corrected chi connectivity index (χ4v) is 2.20. The van der Waals surface area contributed by atoms with E-state index in [4.69, 9.17) is 4.52 Å². The van der Waals surface area contributed by atoms with E-state index in [2.05, 4.69) is 15.5 Å².